The van der Waals surface area contributed by atoms with Crippen LogP contribution in [0.2, 0.25) is 0 Å². The predicted octanol–water partition coefficient (Wildman–Crippen LogP) is 2.28. The molecule has 9 heteroatoms. The van der Waals surface area contributed by atoms with Crippen LogP contribution in [0.15, 0.2) is 23.6 Å². The first-order valence-corrected chi connectivity index (χ1v) is 8.24. The van der Waals surface area contributed by atoms with Crippen molar-refractivity contribution in [3.63, 3.8) is 0 Å². The van der Waals surface area contributed by atoms with E-state index < -0.39 is 18.0 Å². The summed E-state index contributed by atoms with van der Waals surface area (Å²) in [5.74, 6) is -0.764. The summed E-state index contributed by atoms with van der Waals surface area (Å²) in [5.41, 5.74) is 0.846. The van der Waals surface area contributed by atoms with Crippen molar-refractivity contribution in [2.45, 2.75) is 13.0 Å². The number of hydrogen-bond acceptors (Lipinski definition) is 6. The number of nitrogens with zero attached hydrogens (tertiary/aromatic N) is 3. The molecule has 128 valence electrons. The minimum atomic E-state index is -0.594. The third kappa shape index (κ3) is 3.59. The van der Waals surface area contributed by atoms with Crippen LogP contribution >= 0.6 is 11.3 Å². The first-order chi connectivity index (χ1) is 12.0. The van der Waals surface area contributed by atoms with Crippen LogP contribution in [0.4, 0.5) is 14.9 Å². The maximum atomic E-state index is 14.4. The van der Waals surface area contributed by atoms with Crippen LogP contribution in [0.1, 0.15) is 12.6 Å². The molecule has 1 aromatic heterocycles. The highest BCUT2D eigenvalue weighted by Crippen LogP contribution is 2.30. The molecule has 2 heterocycles. The van der Waals surface area contributed by atoms with Gasteiger partial charge < -0.3 is 10.1 Å². The molecule has 1 unspecified atom stereocenters. The lowest BCUT2D eigenvalue weighted by Gasteiger charge is -2.14. The molecule has 25 heavy (non-hydrogen) atoms. The van der Waals surface area contributed by atoms with Crippen molar-refractivity contribution in [2.75, 3.05) is 18.0 Å². The largest absolute Gasteiger partial charge is 0.442 e. The summed E-state index contributed by atoms with van der Waals surface area (Å²) in [6, 6.07) is 6.23. The summed E-state index contributed by atoms with van der Waals surface area (Å²) in [7, 11) is 0. The van der Waals surface area contributed by atoms with E-state index in [0.29, 0.717) is 10.7 Å². The van der Waals surface area contributed by atoms with Gasteiger partial charge in [0.15, 0.2) is 5.69 Å². The fourth-order valence-electron chi connectivity index (χ4n) is 2.39. The average Bonchev–Trinajstić information content (AvgIpc) is 3.19. The maximum absolute atomic E-state index is 14.4. The van der Waals surface area contributed by atoms with Crippen molar-refractivity contribution in [2.24, 2.45) is 0 Å². The van der Waals surface area contributed by atoms with Crippen LogP contribution in [0.5, 0.6) is 0 Å². The lowest BCUT2D eigenvalue weighted by molar-refractivity contribution is -0.119. The SMILES string of the molecule is CC(=O)NCC1CN(c2ccc(-c3nc(C#N)cs3)c(F)c2)C(=O)O1. The standard InChI is InChI=1S/C16H13FN4O3S/c1-9(22)19-6-12-7-21(16(23)24-12)11-2-3-13(14(17)4-11)15-20-10(5-18)8-25-15/h2-4,8,12H,6-7H2,1H3,(H,19,22). The van der Waals surface area contributed by atoms with E-state index in [-0.39, 0.29) is 30.3 Å². The molecule has 1 fully saturated rings. The molecule has 0 saturated carbocycles. The minimum Gasteiger partial charge on any atom is -0.442 e. The molecule has 3 rings (SSSR count). The van der Waals surface area contributed by atoms with Gasteiger partial charge in [-0.2, -0.15) is 5.26 Å². The topological polar surface area (TPSA) is 95.3 Å². The molecular formula is C16H13FN4O3S. The van der Waals surface area contributed by atoms with Gasteiger partial charge in [-0.15, -0.1) is 11.3 Å². The molecule has 0 bridgehead atoms. The number of aromatic nitrogens is 1. The number of thiazole rings is 1. The van der Waals surface area contributed by atoms with E-state index in [1.54, 1.807) is 11.4 Å². The summed E-state index contributed by atoms with van der Waals surface area (Å²) in [5, 5.41) is 13.3. The van der Waals surface area contributed by atoms with Gasteiger partial charge in [0, 0.05) is 17.9 Å². The maximum Gasteiger partial charge on any atom is 0.414 e. The van der Waals surface area contributed by atoms with Crippen molar-refractivity contribution in [3.05, 3.63) is 35.1 Å². The predicted molar refractivity (Wildman–Crippen MR) is 88.5 cm³/mol. The van der Waals surface area contributed by atoms with E-state index in [0.717, 1.165) is 0 Å². The Balaban J connectivity index is 1.77. The summed E-state index contributed by atoms with van der Waals surface area (Å²) in [4.78, 5) is 28.2. The Morgan fingerprint density at radius 1 is 1.60 bits per heavy atom. The zero-order chi connectivity index (χ0) is 18.0. The van der Waals surface area contributed by atoms with Crippen molar-refractivity contribution < 1.29 is 18.7 Å². The molecule has 1 saturated heterocycles. The number of amides is 2. The Kier molecular flexibility index (Phi) is 4.63. The molecule has 1 atom stereocenters. The number of ether oxygens (including phenoxy) is 1. The number of carbonyl (C=O) groups is 2. The second-order valence-electron chi connectivity index (χ2n) is 5.37. The van der Waals surface area contributed by atoms with Crippen molar-refractivity contribution >= 4 is 29.0 Å². The number of halogens is 1. The minimum absolute atomic E-state index is 0.203. The van der Waals surface area contributed by atoms with Crippen molar-refractivity contribution in [1.29, 1.82) is 5.26 Å². The van der Waals surface area contributed by atoms with E-state index in [4.69, 9.17) is 10.00 Å². The Labute approximate surface area is 146 Å². The highest BCUT2D eigenvalue weighted by Gasteiger charge is 2.32. The molecule has 2 aromatic rings. The Bertz CT molecular complexity index is 877. The third-order valence-corrected chi connectivity index (χ3v) is 4.44. The zero-order valence-corrected chi connectivity index (χ0v) is 14.0. The number of nitrogens with one attached hydrogen (secondary N) is 1. The van der Waals surface area contributed by atoms with Crippen LogP contribution in [0.25, 0.3) is 10.6 Å². The van der Waals surface area contributed by atoms with Gasteiger partial charge in [-0.05, 0) is 18.2 Å². The fourth-order valence-corrected chi connectivity index (χ4v) is 3.16. The number of carbonyl (C=O) groups excluding carboxylic acids is 2. The second kappa shape index (κ2) is 6.86. The lowest BCUT2D eigenvalue weighted by Crippen LogP contribution is -2.33. The second-order valence-corrected chi connectivity index (χ2v) is 6.23. The van der Waals surface area contributed by atoms with Gasteiger partial charge in [0.1, 0.15) is 23.0 Å². The first-order valence-electron chi connectivity index (χ1n) is 7.36. The van der Waals surface area contributed by atoms with E-state index in [9.17, 15) is 14.0 Å². The van der Waals surface area contributed by atoms with E-state index >= 15 is 0 Å². The highest BCUT2D eigenvalue weighted by molar-refractivity contribution is 7.13. The monoisotopic (exact) mass is 360 g/mol. The number of benzene rings is 1. The normalized spacial score (nSPS) is 16.4. The van der Waals surface area contributed by atoms with Crippen LogP contribution < -0.4 is 10.2 Å². The van der Waals surface area contributed by atoms with E-state index in [1.165, 1.54) is 35.3 Å². The number of anilines is 1. The van der Waals surface area contributed by atoms with Crippen molar-refractivity contribution in [1.82, 2.24) is 10.3 Å². The fraction of sp³-hybridized carbons (Fsp3) is 0.250. The number of rotatable bonds is 4. The molecular weight excluding hydrogens is 347 g/mol. The molecule has 1 N–H and O–H groups in total. The smallest absolute Gasteiger partial charge is 0.414 e. The average molecular weight is 360 g/mol. The molecule has 1 aliphatic rings. The summed E-state index contributed by atoms with van der Waals surface area (Å²) in [6.45, 7) is 1.79. The van der Waals surface area contributed by atoms with E-state index in [2.05, 4.69) is 10.3 Å². The van der Waals surface area contributed by atoms with Gasteiger partial charge >= 0.3 is 6.09 Å². The van der Waals surface area contributed by atoms with Gasteiger partial charge in [-0.25, -0.2) is 14.2 Å². The molecule has 7 nitrogen and oxygen atoms in total. The van der Waals surface area contributed by atoms with Gasteiger partial charge in [-0.1, -0.05) is 0 Å². The van der Waals surface area contributed by atoms with Gasteiger partial charge in [0.2, 0.25) is 5.91 Å². The van der Waals surface area contributed by atoms with Crippen LogP contribution in [-0.2, 0) is 9.53 Å². The first kappa shape index (κ1) is 16.9. The molecule has 2 amide bonds. The van der Waals surface area contributed by atoms with Gasteiger partial charge in [-0.3, -0.25) is 9.69 Å². The summed E-state index contributed by atoms with van der Waals surface area (Å²) < 4.78 is 19.6. The summed E-state index contributed by atoms with van der Waals surface area (Å²) >= 11 is 1.17. The Morgan fingerprint density at radius 2 is 2.40 bits per heavy atom. The van der Waals surface area contributed by atoms with Crippen molar-refractivity contribution in [3.8, 4) is 16.6 Å². The molecule has 1 aliphatic heterocycles. The molecule has 0 aliphatic carbocycles. The number of hydrogen-bond donors (Lipinski definition) is 1. The Morgan fingerprint density at radius 3 is 3.04 bits per heavy atom. The molecule has 0 radical (unpaired) electrons. The molecule has 1 aromatic carbocycles. The van der Waals surface area contributed by atoms with Crippen LogP contribution in [-0.4, -0.2) is 36.2 Å². The number of nitriles is 1. The van der Waals surface area contributed by atoms with E-state index in [1.807, 2.05) is 6.07 Å². The van der Waals surface area contributed by atoms with Crippen LogP contribution in [0.3, 0.4) is 0 Å². The zero-order valence-electron chi connectivity index (χ0n) is 13.2. The van der Waals surface area contributed by atoms with Gasteiger partial charge in [0.05, 0.1) is 18.8 Å². The third-order valence-electron chi connectivity index (χ3n) is 3.57. The van der Waals surface area contributed by atoms with Gasteiger partial charge in [0.25, 0.3) is 0 Å². The number of cyclic esters (lactones) is 1. The summed E-state index contributed by atoms with van der Waals surface area (Å²) in [6.07, 6.45) is -1.08. The quantitative estimate of drug-likeness (QED) is 0.902. The Hall–Kier alpha value is -2.99. The van der Waals surface area contributed by atoms with Crippen LogP contribution in [0, 0.1) is 17.1 Å². The molecule has 0 spiro atoms. The highest BCUT2D eigenvalue weighted by atomic mass is 32.1. The lowest BCUT2D eigenvalue weighted by atomic mass is 10.2.